The number of benzene rings is 2. The van der Waals surface area contributed by atoms with E-state index in [9.17, 15) is 22.4 Å². The number of fused-ring (bicyclic) bond motifs is 1. The molecule has 0 N–H and O–H groups in total. The summed E-state index contributed by atoms with van der Waals surface area (Å²) >= 11 is 0. The lowest BCUT2D eigenvalue weighted by atomic mass is 10.1. The molecule has 0 aliphatic rings. The number of para-hydroxylation sites is 1. The number of hydrogen-bond donors (Lipinski definition) is 0. The van der Waals surface area contributed by atoms with Crippen molar-refractivity contribution in [1.29, 1.82) is 0 Å². The molecule has 3 rings (SSSR count). The van der Waals surface area contributed by atoms with Gasteiger partial charge in [0.25, 0.3) is 0 Å². The molecule has 0 radical (unpaired) electrons. The summed E-state index contributed by atoms with van der Waals surface area (Å²) in [5, 5.41) is -0.0199. The van der Waals surface area contributed by atoms with E-state index in [0.717, 1.165) is 11.6 Å². The van der Waals surface area contributed by atoms with Crippen LogP contribution in [0.25, 0.3) is 10.9 Å². The molecule has 3 nitrogen and oxygen atoms in total. The van der Waals surface area contributed by atoms with Gasteiger partial charge in [0.05, 0.1) is 5.56 Å². The smallest absolute Gasteiger partial charge is 0.422 e. The van der Waals surface area contributed by atoms with E-state index in [2.05, 4.69) is 4.98 Å². The summed E-state index contributed by atoms with van der Waals surface area (Å²) in [6.45, 7) is 1.82. The number of alkyl halides is 3. The van der Waals surface area contributed by atoms with E-state index in [0.29, 0.717) is 6.07 Å². The molecule has 2 aromatic carbocycles. The Balaban J connectivity index is 2.09. The number of pyridine rings is 1. The lowest BCUT2D eigenvalue weighted by molar-refractivity contribution is -0.141. The second kappa shape index (κ2) is 6.16. The maximum atomic E-state index is 13.9. The van der Waals surface area contributed by atoms with E-state index < -0.39 is 34.9 Å². The first kappa shape index (κ1) is 16.9. The standard InChI is InChI=1S/C18H11F4NO2/c1-10-5-7-11(8-6-10)17(24)25-14-9-15(18(20,21)22)23-16-12(14)3-2-4-13(16)19/h2-9H,1H3. The lowest BCUT2D eigenvalue weighted by Crippen LogP contribution is -2.12. The molecule has 128 valence electrons. The van der Waals surface area contributed by atoms with Crippen LogP contribution in [0.1, 0.15) is 21.6 Å². The average molecular weight is 349 g/mol. The predicted octanol–water partition coefficient (Wildman–Crippen LogP) is 4.92. The molecule has 0 fully saturated rings. The third kappa shape index (κ3) is 3.45. The Morgan fingerprint density at radius 1 is 1.08 bits per heavy atom. The van der Waals surface area contributed by atoms with Gasteiger partial charge in [-0.2, -0.15) is 13.2 Å². The fraction of sp³-hybridized carbons (Fsp3) is 0.111. The van der Waals surface area contributed by atoms with Crippen LogP contribution in [0.4, 0.5) is 17.6 Å². The number of rotatable bonds is 2. The largest absolute Gasteiger partial charge is 0.433 e. The number of halogens is 4. The topological polar surface area (TPSA) is 39.2 Å². The van der Waals surface area contributed by atoms with E-state index in [1.807, 2.05) is 6.92 Å². The van der Waals surface area contributed by atoms with E-state index >= 15 is 0 Å². The van der Waals surface area contributed by atoms with Gasteiger partial charge < -0.3 is 4.74 Å². The molecule has 0 unspecified atom stereocenters. The third-order valence-electron chi connectivity index (χ3n) is 3.53. The number of carbonyl (C=O) groups is 1. The maximum Gasteiger partial charge on any atom is 0.433 e. The fourth-order valence-corrected chi connectivity index (χ4v) is 2.26. The summed E-state index contributed by atoms with van der Waals surface area (Å²) < 4.78 is 58.0. The summed E-state index contributed by atoms with van der Waals surface area (Å²) in [6, 6.07) is 10.5. The maximum absolute atomic E-state index is 13.9. The van der Waals surface area contributed by atoms with Gasteiger partial charge in [0.1, 0.15) is 22.8 Å². The molecule has 0 spiro atoms. The zero-order chi connectivity index (χ0) is 18.2. The van der Waals surface area contributed by atoms with Gasteiger partial charge in [-0.15, -0.1) is 0 Å². The molecule has 7 heteroatoms. The second-order valence-corrected chi connectivity index (χ2v) is 5.39. The summed E-state index contributed by atoms with van der Waals surface area (Å²) in [7, 11) is 0. The molecular formula is C18H11F4NO2. The van der Waals surface area contributed by atoms with Crippen molar-refractivity contribution >= 4 is 16.9 Å². The summed E-state index contributed by atoms with van der Waals surface area (Å²) in [6.07, 6.45) is -4.80. The normalized spacial score (nSPS) is 11.6. The molecule has 0 bridgehead atoms. The lowest BCUT2D eigenvalue weighted by Gasteiger charge is -2.12. The number of carbonyl (C=O) groups excluding carboxylic acids is 1. The highest BCUT2D eigenvalue weighted by Crippen LogP contribution is 2.35. The van der Waals surface area contributed by atoms with Crippen molar-refractivity contribution in [2.75, 3.05) is 0 Å². The van der Waals surface area contributed by atoms with Crippen LogP contribution in [0.5, 0.6) is 5.75 Å². The van der Waals surface area contributed by atoms with Gasteiger partial charge in [-0.3, -0.25) is 0 Å². The van der Waals surface area contributed by atoms with Crippen LogP contribution < -0.4 is 4.74 Å². The molecule has 0 saturated heterocycles. The molecule has 0 amide bonds. The second-order valence-electron chi connectivity index (χ2n) is 5.39. The molecule has 1 aromatic heterocycles. The fourth-order valence-electron chi connectivity index (χ4n) is 2.26. The highest BCUT2D eigenvalue weighted by atomic mass is 19.4. The quantitative estimate of drug-likeness (QED) is 0.487. The molecule has 25 heavy (non-hydrogen) atoms. The Labute approximate surface area is 139 Å². The van der Waals surface area contributed by atoms with Crippen LogP contribution in [0.15, 0.2) is 48.5 Å². The highest BCUT2D eigenvalue weighted by Gasteiger charge is 2.34. The monoisotopic (exact) mass is 349 g/mol. The minimum atomic E-state index is -4.80. The van der Waals surface area contributed by atoms with Crippen molar-refractivity contribution in [2.24, 2.45) is 0 Å². The van der Waals surface area contributed by atoms with Crippen LogP contribution in [0.3, 0.4) is 0 Å². The van der Waals surface area contributed by atoms with Gasteiger partial charge in [-0.05, 0) is 31.2 Å². The first-order valence-corrected chi connectivity index (χ1v) is 7.21. The van der Waals surface area contributed by atoms with E-state index in [4.69, 9.17) is 4.74 Å². The van der Waals surface area contributed by atoms with E-state index in [-0.39, 0.29) is 10.9 Å². The van der Waals surface area contributed by atoms with Gasteiger partial charge in [-0.1, -0.05) is 23.8 Å². The number of ether oxygens (including phenoxy) is 1. The molecule has 0 aliphatic heterocycles. The zero-order valence-corrected chi connectivity index (χ0v) is 12.9. The highest BCUT2D eigenvalue weighted by molar-refractivity contribution is 5.94. The molecule has 3 aromatic rings. The SMILES string of the molecule is Cc1ccc(C(=O)Oc2cc(C(F)(F)F)nc3c(F)cccc23)cc1. The van der Waals surface area contributed by atoms with Crippen LogP contribution in [-0.4, -0.2) is 11.0 Å². The minimum absolute atomic E-state index is 0.0199. The van der Waals surface area contributed by atoms with E-state index in [1.54, 1.807) is 12.1 Å². The predicted molar refractivity (Wildman–Crippen MR) is 82.8 cm³/mol. The Morgan fingerprint density at radius 3 is 2.40 bits per heavy atom. The Hall–Kier alpha value is -2.96. The van der Waals surface area contributed by atoms with Crippen molar-refractivity contribution in [1.82, 2.24) is 4.98 Å². The zero-order valence-electron chi connectivity index (χ0n) is 12.9. The van der Waals surface area contributed by atoms with Crippen molar-refractivity contribution in [3.8, 4) is 5.75 Å². The van der Waals surface area contributed by atoms with E-state index in [1.165, 1.54) is 24.3 Å². The van der Waals surface area contributed by atoms with Crippen LogP contribution in [-0.2, 0) is 6.18 Å². The van der Waals surface area contributed by atoms with Gasteiger partial charge in [-0.25, -0.2) is 14.2 Å². The number of nitrogens with zero attached hydrogens (tertiary/aromatic N) is 1. The summed E-state index contributed by atoms with van der Waals surface area (Å²) in [5.74, 6) is -2.18. The van der Waals surface area contributed by atoms with Crippen molar-refractivity contribution in [3.05, 3.63) is 71.2 Å². The van der Waals surface area contributed by atoms with Crippen molar-refractivity contribution in [3.63, 3.8) is 0 Å². The molecular weight excluding hydrogens is 338 g/mol. The Morgan fingerprint density at radius 2 is 1.76 bits per heavy atom. The first-order valence-electron chi connectivity index (χ1n) is 7.21. The van der Waals surface area contributed by atoms with Crippen LogP contribution in [0, 0.1) is 12.7 Å². The summed E-state index contributed by atoms with van der Waals surface area (Å²) in [5.41, 5.74) is -0.770. The molecule has 1 heterocycles. The van der Waals surface area contributed by atoms with Crippen molar-refractivity contribution < 1.29 is 27.1 Å². The third-order valence-corrected chi connectivity index (χ3v) is 3.53. The van der Waals surface area contributed by atoms with Crippen molar-refractivity contribution in [2.45, 2.75) is 13.1 Å². The number of aromatic nitrogens is 1. The molecule has 0 aliphatic carbocycles. The van der Waals surface area contributed by atoms with Gasteiger partial charge in [0.15, 0.2) is 0 Å². The first-order chi connectivity index (χ1) is 11.8. The number of aryl methyl sites for hydroxylation is 1. The van der Waals surface area contributed by atoms with Crippen LogP contribution >= 0.6 is 0 Å². The molecule has 0 atom stereocenters. The van der Waals surface area contributed by atoms with Crippen LogP contribution in [0.2, 0.25) is 0 Å². The Bertz CT molecular complexity index is 950. The summed E-state index contributed by atoms with van der Waals surface area (Å²) in [4.78, 5) is 15.5. The number of esters is 1. The Kier molecular flexibility index (Phi) is 4.16. The van der Waals surface area contributed by atoms with Gasteiger partial charge in [0.2, 0.25) is 0 Å². The average Bonchev–Trinajstić information content (AvgIpc) is 2.55. The van der Waals surface area contributed by atoms with Gasteiger partial charge >= 0.3 is 12.1 Å². The molecule has 0 saturated carbocycles. The minimum Gasteiger partial charge on any atom is -0.422 e. The van der Waals surface area contributed by atoms with Gasteiger partial charge in [0, 0.05) is 11.5 Å². The number of hydrogen-bond acceptors (Lipinski definition) is 3.